The molecule has 0 aliphatic carbocycles. The molecule has 3 heteroatoms. The van der Waals surface area contributed by atoms with Crippen molar-refractivity contribution >= 4 is 10.9 Å². The molecule has 2 heterocycles. The molecule has 1 N–H and O–H groups in total. The van der Waals surface area contributed by atoms with Crippen molar-refractivity contribution in [3.63, 3.8) is 0 Å². The molecule has 3 aromatic rings. The van der Waals surface area contributed by atoms with Gasteiger partial charge in [-0.25, -0.2) is 4.98 Å². The predicted octanol–water partition coefficient (Wildman–Crippen LogP) is 2.57. The summed E-state index contributed by atoms with van der Waals surface area (Å²) in [4.78, 5) is 7.13. The molecule has 0 aliphatic rings. The van der Waals surface area contributed by atoms with E-state index in [0.717, 1.165) is 5.69 Å². The quantitative estimate of drug-likeness (QED) is 0.639. The van der Waals surface area contributed by atoms with Crippen LogP contribution in [0.3, 0.4) is 0 Å². The smallest absolute Gasteiger partial charge is 0.0924 e. The molecule has 74 valence electrons. The monoisotopic (exact) mass is 197 g/mol. The lowest BCUT2D eigenvalue weighted by Gasteiger charge is -1.99. The van der Waals surface area contributed by atoms with Gasteiger partial charge >= 0.3 is 0 Å². The van der Waals surface area contributed by atoms with Crippen LogP contribution in [0.15, 0.2) is 43.0 Å². The summed E-state index contributed by atoms with van der Waals surface area (Å²) in [5.74, 6) is 0. The number of aryl methyl sites for hydroxylation is 1. The van der Waals surface area contributed by atoms with Gasteiger partial charge in [-0.05, 0) is 18.2 Å². The summed E-state index contributed by atoms with van der Waals surface area (Å²) in [7, 11) is 2.05. The minimum atomic E-state index is 1.06. The first-order valence-corrected chi connectivity index (χ1v) is 4.88. The summed E-state index contributed by atoms with van der Waals surface area (Å²) in [5.41, 5.74) is 3.48. The first kappa shape index (κ1) is 8.29. The molecule has 0 unspecified atom stereocenters. The second-order valence-electron chi connectivity index (χ2n) is 3.67. The second-order valence-corrected chi connectivity index (χ2v) is 3.67. The summed E-state index contributed by atoms with van der Waals surface area (Å²) in [5, 5.41) is 1.25. The van der Waals surface area contributed by atoms with Crippen molar-refractivity contribution in [1.29, 1.82) is 0 Å². The fourth-order valence-corrected chi connectivity index (χ4v) is 1.86. The third kappa shape index (κ3) is 1.24. The van der Waals surface area contributed by atoms with Gasteiger partial charge in [0.05, 0.1) is 18.2 Å². The summed E-state index contributed by atoms with van der Waals surface area (Å²) in [6.07, 6.45) is 5.61. The average molecular weight is 197 g/mol. The van der Waals surface area contributed by atoms with Crippen LogP contribution >= 0.6 is 0 Å². The van der Waals surface area contributed by atoms with Gasteiger partial charge in [-0.1, -0.05) is 6.07 Å². The fourth-order valence-electron chi connectivity index (χ4n) is 1.86. The van der Waals surface area contributed by atoms with Gasteiger partial charge in [-0.3, -0.25) is 0 Å². The number of nitrogens with one attached hydrogen (secondary N) is 1. The number of fused-ring (bicyclic) bond motifs is 1. The average Bonchev–Trinajstić information content (AvgIpc) is 2.88. The van der Waals surface area contributed by atoms with Crippen molar-refractivity contribution in [3.8, 4) is 11.3 Å². The maximum absolute atomic E-state index is 4.02. The van der Waals surface area contributed by atoms with Gasteiger partial charge < -0.3 is 9.55 Å². The van der Waals surface area contributed by atoms with Crippen molar-refractivity contribution < 1.29 is 0 Å². The highest BCUT2D eigenvalue weighted by atomic mass is 14.9. The molecule has 0 fully saturated rings. The normalized spacial score (nSPS) is 11.0. The second kappa shape index (κ2) is 2.98. The molecule has 1 aromatic carbocycles. The van der Waals surface area contributed by atoms with Crippen LogP contribution in [0.2, 0.25) is 0 Å². The van der Waals surface area contributed by atoms with Gasteiger partial charge in [0.1, 0.15) is 0 Å². The highest BCUT2D eigenvalue weighted by Gasteiger charge is 2.02. The minimum Gasteiger partial charge on any atom is -0.351 e. The first-order chi connectivity index (χ1) is 7.34. The van der Waals surface area contributed by atoms with Crippen LogP contribution < -0.4 is 0 Å². The summed E-state index contributed by atoms with van der Waals surface area (Å²) in [6.45, 7) is 0. The lowest BCUT2D eigenvalue weighted by molar-refractivity contribution is 0.969. The van der Waals surface area contributed by atoms with E-state index in [0.29, 0.717) is 0 Å². The van der Waals surface area contributed by atoms with Crippen molar-refractivity contribution in [2.24, 2.45) is 7.05 Å². The Kier molecular flexibility index (Phi) is 1.65. The highest BCUT2D eigenvalue weighted by Crippen LogP contribution is 2.22. The number of nitrogens with zero attached hydrogens (tertiary/aromatic N) is 2. The molecular formula is C12H11N3. The largest absolute Gasteiger partial charge is 0.351 e. The molecule has 0 amide bonds. The first-order valence-electron chi connectivity index (χ1n) is 4.88. The van der Waals surface area contributed by atoms with Crippen molar-refractivity contribution in [2.45, 2.75) is 0 Å². The number of rotatable bonds is 1. The summed E-state index contributed by atoms with van der Waals surface area (Å²) < 4.78 is 2.12. The van der Waals surface area contributed by atoms with Crippen LogP contribution in [0.25, 0.3) is 22.2 Å². The Morgan fingerprint density at radius 1 is 1.27 bits per heavy atom. The van der Waals surface area contributed by atoms with Crippen LogP contribution in [0.4, 0.5) is 0 Å². The Morgan fingerprint density at radius 3 is 3.00 bits per heavy atom. The van der Waals surface area contributed by atoms with Crippen LogP contribution in [0, 0.1) is 0 Å². The number of benzene rings is 1. The van der Waals surface area contributed by atoms with Crippen molar-refractivity contribution in [3.05, 3.63) is 43.0 Å². The molecule has 3 nitrogen and oxygen atoms in total. The van der Waals surface area contributed by atoms with E-state index < -0.39 is 0 Å². The SMILES string of the molecule is Cn1ccc2cc(-c3cnc[nH]3)ccc21. The Balaban J connectivity index is 2.23. The van der Waals surface area contributed by atoms with E-state index in [9.17, 15) is 0 Å². The van der Waals surface area contributed by atoms with E-state index in [-0.39, 0.29) is 0 Å². The molecule has 0 aliphatic heterocycles. The van der Waals surface area contributed by atoms with Gasteiger partial charge in [-0.2, -0.15) is 0 Å². The fraction of sp³-hybridized carbons (Fsp3) is 0.0833. The lowest BCUT2D eigenvalue weighted by Crippen LogP contribution is -1.83. The Hall–Kier alpha value is -2.03. The van der Waals surface area contributed by atoms with E-state index in [1.165, 1.54) is 16.5 Å². The maximum atomic E-state index is 4.02. The number of H-pyrrole nitrogens is 1. The van der Waals surface area contributed by atoms with Crippen LogP contribution in [-0.4, -0.2) is 14.5 Å². The number of aromatic nitrogens is 3. The molecule has 0 radical (unpaired) electrons. The number of imidazole rings is 1. The number of hydrogen-bond acceptors (Lipinski definition) is 1. The Morgan fingerprint density at radius 2 is 2.20 bits per heavy atom. The zero-order valence-corrected chi connectivity index (χ0v) is 8.44. The topological polar surface area (TPSA) is 33.6 Å². The van der Waals surface area contributed by atoms with E-state index in [4.69, 9.17) is 0 Å². The van der Waals surface area contributed by atoms with Crippen molar-refractivity contribution in [2.75, 3.05) is 0 Å². The molecule has 2 aromatic heterocycles. The molecular weight excluding hydrogens is 186 g/mol. The van der Waals surface area contributed by atoms with Crippen molar-refractivity contribution in [1.82, 2.24) is 14.5 Å². The van der Waals surface area contributed by atoms with Crippen LogP contribution in [0.1, 0.15) is 0 Å². The maximum Gasteiger partial charge on any atom is 0.0924 e. The Bertz CT molecular complexity index is 590. The molecule has 0 bridgehead atoms. The minimum absolute atomic E-state index is 1.06. The van der Waals surface area contributed by atoms with Crippen LogP contribution in [0.5, 0.6) is 0 Å². The third-order valence-electron chi connectivity index (χ3n) is 2.69. The molecule has 0 atom stereocenters. The van der Waals surface area contributed by atoms with E-state index in [1.54, 1.807) is 6.33 Å². The Labute approximate surface area is 87.4 Å². The van der Waals surface area contributed by atoms with Gasteiger partial charge in [0.15, 0.2) is 0 Å². The van der Waals surface area contributed by atoms with E-state index in [2.05, 4.69) is 52.0 Å². The predicted molar refractivity (Wildman–Crippen MR) is 60.5 cm³/mol. The molecule has 0 saturated heterocycles. The van der Waals surface area contributed by atoms with Crippen LogP contribution in [-0.2, 0) is 7.05 Å². The lowest BCUT2D eigenvalue weighted by atomic mass is 10.1. The molecule has 15 heavy (non-hydrogen) atoms. The van der Waals surface area contributed by atoms with E-state index in [1.807, 2.05) is 6.20 Å². The van der Waals surface area contributed by atoms with Gasteiger partial charge in [0, 0.05) is 29.7 Å². The number of aromatic amines is 1. The standard InChI is InChI=1S/C12H11N3/c1-15-5-4-10-6-9(2-3-12(10)15)11-7-13-8-14-11/h2-8H,1H3,(H,13,14). The zero-order chi connectivity index (χ0) is 10.3. The molecule has 0 spiro atoms. The molecule has 3 rings (SSSR count). The zero-order valence-electron chi connectivity index (χ0n) is 8.44. The third-order valence-corrected chi connectivity index (χ3v) is 2.69. The van der Waals surface area contributed by atoms with Gasteiger partial charge in [0.2, 0.25) is 0 Å². The highest BCUT2D eigenvalue weighted by molar-refractivity contribution is 5.84. The van der Waals surface area contributed by atoms with E-state index >= 15 is 0 Å². The van der Waals surface area contributed by atoms with Gasteiger partial charge in [0.25, 0.3) is 0 Å². The summed E-state index contributed by atoms with van der Waals surface area (Å²) >= 11 is 0. The summed E-state index contributed by atoms with van der Waals surface area (Å²) in [6, 6.07) is 8.53. The number of hydrogen-bond donors (Lipinski definition) is 1. The van der Waals surface area contributed by atoms with Gasteiger partial charge in [-0.15, -0.1) is 0 Å². The molecule has 0 saturated carbocycles.